The standard InChI is InChI=1S/C16H18ClN3O2/c1-11(21)20-7-8-22-13(10-20)9-18-15-6-5-12-3-2-4-14(17)16(12)19-15/h2-6,13H,7-10H2,1H3,(H,18,19)/t13-/m0/s1. The minimum Gasteiger partial charge on any atom is -0.373 e. The van der Waals surface area contributed by atoms with Crippen molar-refractivity contribution in [3.8, 4) is 0 Å². The predicted octanol–water partition coefficient (Wildman–Crippen LogP) is 2.55. The average molecular weight is 320 g/mol. The minimum absolute atomic E-state index is 0.0265. The van der Waals surface area contributed by atoms with Gasteiger partial charge in [-0.3, -0.25) is 4.79 Å². The van der Waals surface area contributed by atoms with Crippen LogP contribution in [0.3, 0.4) is 0 Å². The molecule has 0 radical (unpaired) electrons. The van der Waals surface area contributed by atoms with E-state index in [1.165, 1.54) is 0 Å². The smallest absolute Gasteiger partial charge is 0.219 e. The Morgan fingerprint density at radius 2 is 2.32 bits per heavy atom. The van der Waals surface area contributed by atoms with Crippen molar-refractivity contribution >= 4 is 34.2 Å². The summed E-state index contributed by atoms with van der Waals surface area (Å²) in [6.07, 6.45) is -0.0265. The molecule has 1 aliphatic rings. The van der Waals surface area contributed by atoms with Crippen LogP contribution in [0.5, 0.6) is 0 Å². The SMILES string of the molecule is CC(=O)N1CCO[C@@H](CNc2ccc3cccc(Cl)c3n2)C1. The molecule has 2 heterocycles. The highest BCUT2D eigenvalue weighted by molar-refractivity contribution is 6.35. The summed E-state index contributed by atoms with van der Waals surface area (Å²) in [5, 5.41) is 4.91. The molecule has 1 aromatic carbocycles. The largest absolute Gasteiger partial charge is 0.373 e. The van der Waals surface area contributed by atoms with Crippen LogP contribution in [-0.4, -0.2) is 48.1 Å². The number of hydrogen-bond donors (Lipinski definition) is 1. The second-order valence-corrected chi connectivity index (χ2v) is 5.75. The molecule has 116 valence electrons. The number of carbonyl (C=O) groups is 1. The first-order valence-electron chi connectivity index (χ1n) is 7.30. The molecule has 0 unspecified atom stereocenters. The minimum atomic E-state index is -0.0265. The number of nitrogens with zero attached hydrogens (tertiary/aromatic N) is 2. The van der Waals surface area contributed by atoms with Gasteiger partial charge in [-0.2, -0.15) is 0 Å². The second-order valence-electron chi connectivity index (χ2n) is 5.35. The van der Waals surface area contributed by atoms with E-state index in [2.05, 4.69) is 10.3 Å². The van der Waals surface area contributed by atoms with Crippen LogP contribution in [0.1, 0.15) is 6.92 Å². The highest BCUT2D eigenvalue weighted by atomic mass is 35.5. The number of fused-ring (bicyclic) bond motifs is 1. The van der Waals surface area contributed by atoms with E-state index in [1.807, 2.05) is 30.3 Å². The third-order valence-corrected chi connectivity index (χ3v) is 4.07. The van der Waals surface area contributed by atoms with Gasteiger partial charge in [-0.25, -0.2) is 4.98 Å². The van der Waals surface area contributed by atoms with Gasteiger partial charge in [0, 0.05) is 31.9 Å². The maximum absolute atomic E-state index is 11.4. The molecule has 1 N–H and O–H groups in total. The van der Waals surface area contributed by atoms with E-state index in [-0.39, 0.29) is 12.0 Å². The number of rotatable bonds is 3. The summed E-state index contributed by atoms with van der Waals surface area (Å²) in [6, 6.07) is 9.62. The number of nitrogens with one attached hydrogen (secondary N) is 1. The van der Waals surface area contributed by atoms with E-state index in [0.717, 1.165) is 16.7 Å². The fourth-order valence-electron chi connectivity index (χ4n) is 2.56. The van der Waals surface area contributed by atoms with Gasteiger partial charge in [-0.15, -0.1) is 0 Å². The number of halogens is 1. The predicted molar refractivity (Wildman–Crippen MR) is 87.2 cm³/mol. The van der Waals surface area contributed by atoms with Crippen LogP contribution in [-0.2, 0) is 9.53 Å². The Balaban J connectivity index is 1.66. The van der Waals surface area contributed by atoms with Crippen molar-refractivity contribution in [2.45, 2.75) is 13.0 Å². The molecule has 1 saturated heterocycles. The molecular weight excluding hydrogens is 302 g/mol. The van der Waals surface area contributed by atoms with Crippen molar-refractivity contribution in [1.29, 1.82) is 0 Å². The molecule has 0 saturated carbocycles. The maximum Gasteiger partial charge on any atom is 0.219 e. The number of benzene rings is 1. The molecule has 0 spiro atoms. The van der Waals surface area contributed by atoms with Crippen molar-refractivity contribution in [2.75, 3.05) is 31.6 Å². The number of para-hydroxylation sites is 1. The molecule has 2 aromatic rings. The lowest BCUT2D eigenvalue weighted by molar-refractivity contribution is -0.135. The quantitative estimate of drug-likeness (QED) is 0.944. The Morgan fingerprint density at radius 1 is 1.45 bits per heavy atom. The van der Waals surface area contributed by atoms with Crippen molar-refractivity contribution in [2.24, 2.45) is 0 Å². The lowest BCUT2D eigenvalue weighted by atomic mass is 10.2. The fourth-order valence-corrected chi connectivity index (χ4v) is 2.78. The number of hydrogen-bond acceptors (Lipinski definition) is 4. The first-order valence-corrected chi connectivity index (χ1v) is 7.67. The van der Waals surface area contributed by atoms with Crippen LogP contribution in [0.2, 0.25) is 5.02 Å². The summed E-state index contributed by atoms with van der Waals surface area (Å²) in [5.74, 6) is 0.841. The molecule has 6 heteroatoms. The van der Waals surface area contributed by atoms with Gasteiger partial charge in [-0.1, -0.05) is 23.7 Å². The van der Waals surface area contributed by atoms with E-state index >= 15 is 0 Å². The second kappa shape index (κ2) is 6.50. The van der Waals surface area contributed by atoms with E-state index in [4.69, 9.17) is 16.3 Å². The Hall–Kier alpha value is -1.85. The van der Waals surface area contributed by atoms with Gasteiger partial charge >= 0.3 is 0 Å². The van der Waals surface area contributed by atoms with E-state index in [0.29, 0.717) is 31.3 Å². The van der Waals surface area contributed by atoms with Crippen molar-refractivity contribution in [3.63, 3.8) is 0 Å². The molecule has 1 fully saturated rings. The van der Waals surface area contributed by atoms with Gasteiger partial charge in [0.05, 0.1) is 23.3 Å². The molecule has 3 rings (SSSR count). The van der Waals surface area contributed by atoms with Crippen LogP contribution in [0.15, 0.2) is 30.3 Å². The van der Waals surface area contributed by atoms with Gasteiger partial charge in [0.15, 0.2) is 0 Å². The Kier molecular flexibility index (Phi) is 4.45. The first kappa shape index (κ1) is 15.1. The molecule has 0 aliphatic carbocycles. The zero-order chi connectivity index (χ0) is 15.5. The Bertz CT molecular complexity index is 692. The summed E-state index contributed by atoms with van der Waals surface area (Å²) in [5.41, 5.74) is 0.782. The van der Waals surface area contributed by atoms with Crippen LogP contribution >= 0.6 is 11.6 Å². The zero-order valence-electron chi connectivity index (χ0n) is 12.4. The fraction of sp³-hybridized carbons (Fsp3) is 0.375. The summed E-state index contributed by atoms with van der Waals surface area (Å²) in [6.45, 7) is 4.03. The highest BCUT2D eigenvalue weighted by Gasteiger charge is 2.21. The summed E-state index contributed by atoms with van der Waals surface area (Å²) in [7, 11) is 0. The average Bonchev–Trinajstić information content (AvgIpc) is 2.54. The van der Waals surface area contributed by atoms with E-state index in [1.54, 1.807) is 11.8 Å². The summed E-state index contributed by atoms with van der Waals surface area (Å²) in [4.78, 5) is 17.8. The lowest BCUT2D eigenvalue weighted by Gasteiger charge is -2.32. The molecule has 5 nitrogen and oxygen atoms in total. The van der Waals surface area contributed by atoms with Crippen LogP contribution in [0, 0.1) is 0 Å². The molecular formula is C16H18ClN3O2. The number of carbonyl (C=O) groups excluding carboxylic acids is 1. The first-order chi connectivity index (χ1) is 10.6. The lowest BCUT2D eigenvalue weighted by Crippen LogP contribution is -2.47. The molecule has 0 bridgehead atoms. The van der Waals surface area contributed by atoms with Crippen molar-refractivity contribution in [1.82, 2.24) is 9.88 Å². The van der Waals surface area contributed by atoms with Crippen LogP contribution in [0.25, 0.3) is 10.9 Å². The van der Waals surface area contributed by atoms with Gasteiger partial charge in [0.2, 0.25) is 5.91 Å². The number of ether oxygens (including phenoxy) is 1. The third kappa shape index (κ3) is 3.31. The number of morpholine rings is 1. The maximum atomic E-state index is 11.4. The van der Waals surface area contributed by atoms with E-state index in [9.17, 15) is 4.79 Å². The number of amides is 1. The molecule has 22 heavy (non-hydrogen) atoms. The van der Waals surface area contributed by atoms with Crippen LogP contribution in [0.4, 0.5) is 5.82 Å². The molecule has 1 aromatic heterocycles. The number of anilines is 1. The number of pyridine rings is 1. The zero-order valence-corrected chi connectivity index (χ0v) is 13.1. The normalized spacial score (nSPS) is 18.5. The Labute approximate surface area is 134 Å². The van der Waals surface area contributed by atoms with Gasteiger partial charge in [0.25, 0.3) is 0 Å². The van der Waals surface area contributed by atoms with Crippen molar-refractivity contribution < 1.29 is 9.53 Å². The van der Waals surface area contributed by atoms with Crippen LogP contribution < -0.4 is 5.32 Å². The summed E-state index contributed by atoms with van der Waals surface area (Å²) >= 11 is 6.17. The van der Waals surface area contributed by atoms with Crippen molar-refractivity contribution in [3.05, 3.63) is 35.4 Å². The summed E-state index contributed by atoms with van der Waals surface area (Å²) < 4.78 is 5.68. The van der Waals surface area contributed by atoms with Gasteiger partial charge < -0.3 is 15.0 Å². The Morgan fingerprint density at radius 3 is 3.14 bits per heavy atom. The van der Waals surface area contributed by atoms with E-state index < -0.39 is 0 Å². The molecule has 1 atom stereocenters. The van der Waals surface area contributed by atoms with Gasteiger partial charge in [-0.05, 0) is 18.2 Å². The topological polar surface area (TPSA) is 54.5 Å². The molecule has 1 amide bonds. The van der Waals surface area contributed by atoms with Gasteiger partial charge in [0.1, 0.15) is 5.82 Å². The number of aromatic nitrogens is 1. The molecule has 1 aliphatic heterocycles. The third-order valence-electron chi connectivity index (χ3n) is 3.77. The highest BCUT2D eigenvalue weighted by Crippen LogP contribution is 2.23. The monoisotopic (exact) mass is 319 g/mol.